The van der Waals surface area contributed by atoms with Gasteiger partial charge < -0.3 is 0 Å². The summed E-state index contributed by atoms with van der Waals surface area (Å²) in [5.41, 5.74) is 0.996. The van der Waals surface area contributed by atoms with Gasteiger partial charge in [0.05, 0.1) is 5.92 Å². The summed E-state index contributed by atoms with van der Waals surface area (Å²) in [5.74, 6) is -1.27. The standard InChI is InChI=1S/C9H11F3/c1-2-7-3-5-8(6-4-7)9(10,11)12/h3-5,8H,2,6H2,1H3. The molecule has 0 spiro atoms. The molecule has 1 unspecified atom stereocenters. The highest BCUT2D eigenvalue weighted by Gasteiger charge is 2.37. The van der Waals surface area contributed by atoms with Gasteiger partial charge in [0.25, 0.3) is 0 Å². The second-order valence-electron chi connectivity index (χ2n) is 2.88. The van der Waals surface area contributed by atoms with Crippen LogP contribution in [0.25, 0.3) is 0 Å². The largest absolute Gasteiger partial charge is 0.395 e. The van der Waals surface area contributed by atoms with E-state index < -0.39 is 12.1 Å². The molecule has 0 saturated carbocycles. The topological polar surface area (TPSA) is 0 Å². The third-order valence-corrected chi connectivity index (χ3v) is 2.01. The van der Waals surface area contributed by atoms with Crippen LogP contribution >= 0.6 is 0 Å². The lowest BCUT2D eigenvalue weighted by atomic mass is 9.95. The van der Waals surface area contributed by atoms with Gasteiger partial charge in [-0.2, -0.15) is 13.2 Å². The minimum Gasteiger partial charge on any atom is -0.170 e. The quantitative estimate of drug-likeness (QED) is 0.574. The van der Waals surface area contributed by atoms with Crippen molar-refractivity contribution in [2.75, 3.05) is 0 Å². The molecule has 0 aromatic rings. The molecule has 3 heteroatoms. The Labute approximate surface area is 69.8 Å². The van der Waals surface area contributed by atoms with E-state index in [9.17, 15) is 13.2 Å². The van der Waals surface area contributed by atoms with E-state index in [0.29, 0.717) is 0 Å². The lowest BCUT2D eigenvalue weighted by molar-refractivity contribution is -0.160. The smallest absolute Gasteiger partial charge is 0.170 e. The summed E-state index contributed by atoms with van der Waals surface area (Å²) >= 11 is 0. The van der Waals surface area contributed by atoms with E-state index in [1.807, 2.05) is 6.92 Å². The van der Waals surface area contributed by atoms with Crippen LogP contribution in [0.15, 0.2) is 23.8 Å². The van der Waals surface area contributed by atoms with Crippen molar-refractivity contribution in [3.63, 3.8) is 0 Å². The van der Waals surface area contributed by atoms with Crippen molar-refractivity contribution in [2.45, 2.75) is 25.9 Å². The van der Waals surface area contributed by atoms with Gasteiger partial charge in [-0.3, -0.25) is 0 Å². The van der Waals surface area contributed by atoms with Crippen LogP contribution in [-0.2, 0) is 0 Å². The number of rotatable bonds is 1. The summed E-state index contributed by atoms with van der Waals surface area (Å²) in [4.78, 5) is 0. The zero-order valence-corrected chi connectivity index (χ0v) is 6.86. The zero-order chi connectivity index (χ0) is 9.19. The van der Waals surface area contributed by atoms with Gasteiger partial charge in [-0.15, -0.1) is 0 Å². The summed E-state index contributed by atoms with van der Waals surface area (Å²) in [5, 5.41) is 0. The molecule has 0 nitrogen and oxygen atoms in total. The summed E-state index contributed by atoms with van der Waals surface area (Å²) in [6, 6.07) is 0. The maximum Gasteiger partial charge on any atom is 0.395 e. The average molecular weight is 176 g/mol. The SMILES string of the molecule is CCC1=CCC(C(F)(F)F)C=C1. The third kappa shape index (κ3) is 2.13. The van der Waals surface area contributed by atoms with E-state index in [1.165, 1.54) is 6.08 Å². The van der Waals surface area contributed by atoms with Crippen LogP contribution in [0, 0.1) is 5.92 Å². The predicted molar refractivity (Wildman–Crippen MR) is 41.7 cm³/mol. The fraction of sp³-hybridized carbons (Fsp3) is 0.556. The first-order valence-electron chi connectivity index (χ1n) is 3.98. The summed E-state index contributed by atoms with van der Waals surface area (Å²) in [6.07, 6.45) is 1.31. The van der Waals surface area contributed by atoms with Crippen molar-refractivity contribution >= 4 is 0 Å². The van der Waals surface area contributed by atoms with Gasteiger partial charge in [0, 0.05) is 0 Å². The summed E-state index contributed by atoms with van der Waals surface area (Å²) in [7, 11) is 0. The molecule has 0 aromatic carbocycles. The Hall–Kier alpha value is -0.730. The molecule has 0 amide bonds. The molecule has 1 rings (SSSR count). The summed E-state index contributed by atoms with van der Waals surface area (Å²) in [6.45, 7) is 1.93. The minimum absolute atomic E-state index is 0.100. The second-order valence-corrected chi connectivity index (χ2v) is 2.88. The molecular formula is C9H11F3. The third-order valence-electron chi connectivity index (χ3n) is 2.01. The van der Waals surface area contributed by atoms with Gasteiger partial charge in [0.2, 0.25) is 0 Å². The van der Waals surface area contributed by atoms with Crippen LogP contribution < -0.4 is 0 Å². The lowest BCUT2D eigenvalue weighted by Crippen LogP contribution is -2.21. The number of alkyl halides is 3. The Morgan fingerprint density at radius 2 is 2.17 bits per heavy atom. The van der Waals surface area contributed by atoms with E-state index in [1.54, 1.807) is 12.2 Å². The lowest BCUT2D eigenvalue weighted by Gasteiger charge is -2.18. The molecule has 1 atom stereocenters. The van der Waals surface area contributed by atoms with E-state index in [4.69, 9.17) is 0 Å². The van der Waals surface area contributed by atoms with Gasteiger partial charge in [-0.05, 0) is 12.8 Å². The molecule has 0 aromatic heterocycles. The van der Waals surface area contributed by atoms with Gasteiger partial charge in [-0.1, -0.05) is 30.7 Å². The summed E-state index contributed by atoms with van der Waals surface area (Å²) < 4.78 is 36.3. The zero-order valence-electron chi connectivity index (χ0n) is 6.86. The molecule has 0 radical (unpaired) electrons. The van der Waals surface area contributed by atoms with E-state index >= 15 is 0 Å². The molecule has 68 valence electrons. The maximum atomic E-state index is 12.1. The van der Waals surface area contributed by atoms with Crippen LogP contribution in [-0.4, -0.2) is 6.18 Å². The number of hydrogen-bond acceptors (Lipinski definition) is 0. The molecule has 0 N–H and O–H groups in total. The van der Waals surface area contributed by atoms with Crippen LogP contribution in [0.2, 0.25) is 0 Å². The first kappa shape index (κ1) is 9.36. The van der Waals surface area contributed by atoms with E-state index in [0.717, 1.165) is 12.0 Å². The Bertz CT molecular complexity index is 210. The van der Waals surface area contributed by atoms with Gasteiger partial charge in [0.15, 0.2) is 0 Å². The highest BCUT2D eigenvalue weighted by atomic mass is 19.4. The molecule has 1 aliphatic rings. The first-order chi connectivity index (χ1) is 5.54. The molecule has 12 heavy (non-hydrogen) atoms. The maximum absolute atomic E-state index is 12.1. The normalized spacial score (nSPS) is 24.0. The van der Waals surface area contributed by atoms with Gasteiger partial charge in [-0.25, -0.2) is 0 Å². The van der Waals surface area contributed by atoms with E-state index in [-0.39, 0.29) is 6.42 Å². The molecule has 0 bridgehead atoms. The van der Waals surface area contributed by atoms with Gasteiger partial charge in [0.1, 0.15) is 0 Å². The highest BCUT2D eigenvalue weighted by molar-refractivity contribution is 5.23. The first-order valence-corrected chi connectivity index (χ1v) is 3.98. The highest BCUT2D eigenvalue weighted by Crippen LogP contribution is 2.33. The molecule has 1 aliphatic carbocycles. The molecule has 0 saturated heterocycles. The molecular weight excluding hydrogens is 165 g/mol. The average Bonchev–Trinajstić information content (AvgIpc) is 2.03. The van der Waals surface area contributed by atoms with Crippen molar-refractivity contribution in [3.05, 3.63) is 23.8 Å². The molecule has 0 aliphatic heterocycles. The van der Waals surface area contributed by atoms with Crippen LogP contribution in [0.5, 0.6) is 0 Å². The number of allylic oxidation sites excluding steroid dienone is 4. The Morgan fingerprint density at radius 3 is 2.50 bits per heavy atom. The van der Waals surface area contributed by atoms with Crippen LogP contribution in [0.4, 0.5) is 13.2 Å². The van der Waals surface area contributed by atoms with Crippen molar-refractivity contribution < 1.29 is 13.2 Å². The monoisotopic (exact) mass is 176 g/mol. The fourth-order valence-electron chi connectivity index (χ4n) is 1.17. The second kappa shape index (κ2) is 3.33. The van der Waals surface area contributed by atoms with Crippen molar-refractivity contribution in [1.29, 1.82) is 0 Å². The van der Waals surface area contributed by atoms with Crippen molar-refractivity contribution in [2.24, 2.45) is 5.92 Å². The molecule has 0 heterocycles. The predicted octanol–water partition coefficient (Wildman–Crippen LogP) is 3.46. The fourth-order valence-corrected chi connectivity index (χ4v) is 1.17. The Kier molecular flexibility index (Phi) is 2.60. The Morgan fingerprint density at radius 1 is 1.50 bits per heavy atom. The molecule has 0 fully saturated rings. The number of halogens is 3. The van der Waals surface area contributed by atoms with E-state index in [2.05, 4.69) is 0 Å². The minimum atomic E-state index is -4.08. The Balaban J connectivity index is 2.60. The van der Waals surface area contributed by atoms with Crippen LogP contribution in [0.1, 0.15) is 19.8 Å². The van der Waals surface area contributed by atoms with Crippen molar-refractivity contribution in [3.8, 4) is 0 Å². The number of hydrogen-bond donors (Lipinski definition) is 0. The van der Waals surface area contributed by atoms with Crippen LogP contribution in [0.3, 0.4) is 0 Å². The van der Waals surface area contributed by atoms with Crippen molar-refractivity contribution in [1.82, 2.24) is 0 Å². The van der Waals surface area contributed by atoms with Gasteiger partial charge >= 0.3 is 6.18 Å².